The fourth-order valence-electron chi connectivity index (χ4n) is 4.95. The molecule has 1 unspecified atom stereocenters. The third kappa shape index (κ3) is 8.82. The van der Waals surface area contributed by atoms with Crippen LogP contribution in [0.25, 0.3) is 0 Å². The van der Waals surface area contributed by atoms with Gasteiger partial charge in [0.05, 0.1) is 21.2 Å². The topological polar surface area (TPSA) is 86.8 Å². The van der Waals surface area contributed by atoms with E-state index < -0.39 is 56.9 Å². The third-order valence-electron chi connectivity index (χ3n) is 7.44. The van der Waals surface area contributed by atoms with Gasteiger partial charge in [0.1, 0.15) is 12.6 Å². The lowest BCUT2D eigenvalue weighted by Crippen LogP contribution is -2.53. The van der Waals surface area contributed by atoms with E-state index in [4.69, 9.17) is 34.8 Å². The Kier molecular flexibility index (Phi) is 12.1. The molecule has 0 bridgehead atoms. The van der Waals surface area contributed by atoms with Crippen LogP contribution in [-0.4, -0.2) is 44.3 Å². The fraction of sp³-hybridized carbons (Fsp3) is 0.235. The van der Waals surface area contributed by atoms with Crippen molar-refractivity contribution in [3.8, 4) is 0 Å². The van der Waals surface area contributed by atoms with E-state index in [0.29, 0.717) is 15.9 Å². The summed E-state index contributed by atoms with van der Waals surface area (Å²) in [6, 6.07) is 20.5. The number of benzene rings is 4. The number of halogens is 6. The van der Waals surface area contributed by atoms with Gasteiger partial charge in [0.2, 0.25) is 11.8 Å². The number of carbonyl (C=O) groups is 2. The number of nitrogens with one attached hydrogen (secondary N) is 1. The second-order valence-electron chi connectivity index (χ2n) is 10.8. The summed E-state index contributed by atoms with van der Waals surface area (Å²) in [6.07, 6.45) is -4.91. The molecule has 4 aromatic carbocycles. The molecule has 4 rings (SSSR count). The molecule has 0 radical (unpaired) electrons. The van der Waals surface area contributed by atoms with Crippen LogP contribution in [0, 0.1) is 6.92 Å². The van der Waals surface area contributed by atoms with Gasteiger partial charge in [0.25, 0.3) is 10.0 Å². The quantitative estimate of drug-likeness (QED) is 0.160. The van der Waals surface area contributed by atoms with Crippen molar-refractivity contribution in [2.75, 3.05) is 17.4 Å². The van der Waals surface area contributed by atoms with E-state index in [1.807, 2.05) is 0 Å². The minimum absolute atomic E-state index is 0.0182. The monoisotopic (exact) mass is 739 g/mol. The number of nitrogens with zero attached hydrogens (tertiary/aromatic N) is 2. The zero-order valence-electron chi connectivity index (χ0n) is 25.8. The lowest BCUT2D eigenvalue weighted by Gasteiger charge is -2.34. The molecule has 0 aliphatic carbocycles. The highest BCUT2D eigenvalue weighted by Gasteiger charge is 2.38. The average molecular weight is 741 g/mol. The Bertz CT molecular complexity index is 1860. The van der Waals surface area contributed by atoms with Crippen molar-refractivity contribution in [1.82, 2.24) is 10.2 Å². The molecule has 0 aliphatic rings. The van der Waals surface area contributed by atoms with Gasteiger partial charge in [-0.1, -0.05) is 88.9 Å². The van der Waals surface area contributed by atoms with Gasteiger partial charge in [-0.25, -0.2) is 8.42 Å². The average Bonchev–Trinajstić information content (AvgIpc) is 3.03. The summed E-state index contributed by atoms with van der Waals surface area (Å²) in [5.41, 5.74) is -0.0455. The Morgan fingerprint density at radius 2 is 1.48 bits per heavy atom. The molecule has 1 N–H and O–H groups in total. The number of carbonyl (C=O) groups excluding carboxylic acids is 2. The normalized spacial score (nSPS) is 12.3. The van der Waals surface area contributed by atoms with Crippen molar-refractivity contribution in [3.63, 3.8) is 0 Å². The lowest BCUT2D eigenvalue weighted by atomic mass is 10.0. The number of anilines is 1. The van der Waals surface area contributed by atoms with Gasteiger partial charge < -0.3 is 10.2 Å². The minimum Gasteiger partial charge on any atom is -0.355 e. The number of hydrogen-bond acceptors (Lipinski definition) is 4. The number of aryl methyl sites for hydroxylation is 1. The molecule has 0 saturated carbocycles. The van der Waals surface area contributed by atoms with E-state index in [1.165, 1.54) is 24.3 Å². The molecular formula is C34H31Cl3F3N3O4S. The highest BCUT2D eigenvalue weighted by atomic mass is 35.5. The fourth-order valence-corrected chi connectivity index (χ4v) is 7.10. The van der Waals surface area contributed by atoms with Crippen LogP contribution in [0.2, 0.25) is 15.1 Å². The van der Waals surface area contributed by atoms with Gasteiger partial charge in [0.15, 0.2) is 0 Å². The van der Waals surface area contributed by atoms with Crippen molar-refractivity contribution >= 4 is 62.3 Å². The van der Waals surface area contributed by atoms with Crippen LogP contribution in [0.15, 0.2) is 95.9 Å². The Morgan fingerprint density at radius 1 is 0.854 bits per heavy atom. The van der Waals surface area contributed by atoms with Crippen molar-refractivity contribution in [3.05, 3.63) is 128 Å². The second-order valence-corrected chi connectivity index (χ2v) is 13.9. The number of sulfonamides is 1. The van der Waals surface area contributed by atoms with Gasteiger partial charge in [-0.15, -0.1) is 0 Å². The van der Waals surface area contributed by atoms with Crippen molar-refractivity contribution in [2.24, 2.45) is 0 Å². The number of likely N-dealkylation sites (N-methyl/N-ethyl adjacent to an activating group) is 1. The van der Waals surface area contributed by atoms with E-state index in [0.717, 1.165) is 22.6 Å². The Balaban J connectivity index is 1.89. The summed E-state index contributed by atoms with van der Waals surface area (Å²) in [5.74, 6) is -1.45. The van der Waals surface area contributed by atoms with E-state index in [-0.39, 0.29) is 40.0 Å². The number of alkyl halides is 3. The number of amides is 2. The number of hydrogen-bond donors (Lipinski definition) is 1. The molecule has 0 heterocycles. The maximum absolute atomic E-state index is 14.5. The minimum atomic E-state index is -4.93. The van der Waals surface area contributed by atoms with E-state index in [2.05, 4.69) is 5.32 Å². The first-order chi connectivity index (χ1) is 22.6. The van der Waals surface area contributed by atoms with Crippen LogP contribution in [0.4, 0.5) is 18.9 Å². The predicted octanol–water partition coefficient (Wildman–Crippen LogP) is 7.95. The Labute approximate surface area is 292 Å². The summed E-state index contributed by atoms with van der Waals surface area (Å²) < 4.78 is 70.7. The van der Waals surface area contributed by atoms with Crippen molar-refractivity contribution in [1.29, 1.82) is 0 Å². The van der Waals surface area contributed by atoms with E-state index in [1.54, 1.807) is 62.4 Å². The van der Waals surface area contributed by atoms with Gasteiger partial charge in [0, 0.05) is 35.1 Å². The summed E-state index contributed by atoms with van der Waals surface area (Å²) in [6.45, 7) is 2.35. The Hall–Kier alpha value is -3.77. The standard InChI is InChI=1S/C34H31Cl3F3N3O4S/c1-3-41-33(45)31(18-23-8-5-4-6-9-23)42(20-26-28(35)10-7-11-29(26)36)32(44)21-43(48(46,47)25-15-12-22(2)13-16-25)24-14-17-30(37)27(19-24)34(38,39)40/h4-17,19,31H,3,18,20-21H2,1-2H3,(H,41,45). The summed E-state index contributed by atoms with van der Waals surface area (Å²) in [7, 11) is -4.66. The van der Waals surface area contributed by atoms with Crippen LogP contribution >= 0.6 is 34.8 Å². The van der Waals surface area contributed by atoms with Crippen LogP contribution in [0.3, 0.4) is 0 Å². The molecule has 254 valence electrons. The highest BCUT2D eigenvalue weighted by Crippen LogP contribution is 2.38. The maximum atomic E-state index is 14.5. The molecule has 7 nitrogen and oxygen atoms in total. The molecule has 48 heavy (non-hydrogen) atoms. The SMILES string of the molecule is CCNC(=O)C(Cc1ccccc1)N(Cc1c(Cl)cccc1Cl)C(=O)CN(c1ccc(Cl)c(C(F)(F)F)c1)S(=O)(=O)c1ccc(C)cc1. The second kappa shape index (κ2) is 15.6. The third-order valence-corrected chi connectivity index (χ3v) is 10.3. The lowest BCUT2D eigenvalue weighted by molar-refractivity contribution is -0.140. The van der Waals surface area contributed by atoms with Crippen molar-refractivity contribution < 1.29 is 31.2 Å². The van der Waals surface area contributed by atoms with Crippen LogP contribution < -0.4 is 9.62 Å². The molecule has 0 spiro atoms. The van der Waals surface area contributed by atoms with Gasteiger partial charge in [-0.2, -0.15) is 13.2 Å². The van der Waals surface area contributed by atoms with Gasteiger partial charge >= 0.3 is 6.18 Å². The first-order valence-corrected chi connectivity index (χ1v) is 17.2. The summed E-state index contributed by atoms with van der Waals surface area (Å²) in [4.78, 5) is 29.0. The molecule has 4 aromatic rings. The van der Waals surface area contributed by atoms with E-state index in [9.17, 15) is 31.2 Å². The highest BCUT2D eigenvalue weighted by molar-refractivity contribution is 7.92. The van der Waals surface area contributed by atoms with E-state index >= 15 is 0 Å². The summed E-state index contributed by atoms with van der Waals surface area (Å²) >= 11 is 18.8. The first-order valence-electron chi connectivity index (χ1n) is 14.6. The van der Waals surface area contributed by atoms with Gasteiger partial charge in [-0.3, -0.25) is 13.9 Å². The molecule has 0 saturated heterocycles. The molecule has 0 fully saturated rings. The molecule has 0 aromatic heterocycles. The van der Waals surface area contributed by atoms with Crippen LogP contribution in [-0.2, 0) is 38.8 Å². The molecular weight excluding hydrogens is 710 g/mol. The van der Waals surface area contributed by atoms with Crippen molar-refractivity contribution in [2.45, 2.75) is 43.9 Å². The molecule has 0 aliphatic heterocycles. The number of rotatable bonds is 12. The first kappa shape index (κ1) is 37.1. The zero-order valence-corrected chi connectivity index (χ0v) is 28.9. The predicted molar refractivity (Wildman–Crippen MR) is 182 cm³/mol. The molecule has 2 amide bonds. The summed E-state index contributed by atoms with van der Waals surface area (Å²) in [5, 5.41) is 2.44. The van der Waals surface area contributed by atoms with Gasteiger partial charge in [-0.05, 0) is 61.9 Å². The smallest absolute Gasteiger partial charge is 0.355 e. The van der Waals surface area contributed by atoms with Crippen LogP contribution in [0.5, 0.6) is 0 Å². The molecule has 1 atom stereocenters. The largest absolute Gasteiger partial charge is 0.417 e. The zero-order chi connectivity index (χ0) is 35.2. The molecule has 14 heteroatoms. The van der Waals surface area contributed by atoms with Crippen LogP contribution in [0.1, 0.15) is 29.2 Å². The maximum Gasteiger partial charge on any atom is 0.417 e. The Morgan fingerprint density at radius 3 is 2.06 bits per heavy atom.